The van der Waals surface area contributed by atoms with Crippen LogP contribution in [0.1, 0.15) is 107 Å². The Morgan fingerprint density at radius 1 is 0.156 bits per heavy atom. The first-order valence-electron chi connectivity index (χ1n) is 12.2. The van der Waals surface area contributed by atoms with Crippen molar-refractivity contribution in [3.05, 3.63) is 0 Å². The van der Waals surface area contributed by atoms with Crippen LogP contribution < -0.4 is 0 Å². The van der Waals surface area contributed by atoms with Crippen molar-refractivity contribution in [2.45, 2.75) is 107 Å². The third kappa shape index (κ3) is 214. The number of hydrogen-bond donors (Lipinski definition) is 0. The first-order valence-corrected chi connectivity index (χ1v) is 12.2. The van der Waals surface area contributed by atoms with Gasteiger partial charge in [0.2, 0.25) is 0 Å². The minimum atomic E-state index is 0. The molecule has 0 atom stereocenters. The van der Waals surface area contributed by atoms with E-state index in [4.69, 9.17) is 0 Å². The molecule has 0 aromatic rings. The molecule has 64 heavy (non-hydrogen) atoms. The molecule has 0 aliphatic heterocycles. The van der Waals surface area contributed by atoms with E-state index in [9.17, 15) is 0 Å². The number of nitrogens with zero attached hydrogens (tertiary/aromatic N) is 2. The van der Waals surface area contributed by atoms with Crippen LogP contribution in [0.25, 0.3) is 0 Å². The van der Waals surface area contributed by atoms with Crippen LogP contribution in [0.3, 0.4) is 0 Å². The normalized spacial score (nSPS) is 4.88. The average Bonchev–Trinajstić information content (AvgIpc) is 2.57. The van der Waals surface area contributed by atoms with Crippen LogP contribution in [0.4, 0.5) is 0 Å². The number of quaternary nitrogens is 2. The maximum atomic E-state index is 2.31. The van der Waals surface area contributed by atoms with Crippen molar-refractivity contribution in [1.29, 1.82) is 0 Å². The van der Waals surface area contributed by atoms with Crippen LogP contribution in [0.5, 0.6) is 0 Å². The van der Waals surface area contributed by atoms with Gasteiger partial charge in [0.15, 0.2) is 0 Å². The van der Waals surface area contributed by atoms with Gasteiger partial charge in [0.05, 0.1) is 52.4 Å². The van der Waals surface area contributed by atoms with Gasteiger partial charge in [-0.05, 0) is 51.4 Å². The van der Waals surface area contributed by atoms with Crippen LogP contribution >= 0.6 is 0 Å². The van der Waals surface area contributed by atoms with Crippen molar-refractivity contribution in [3.63, 3.8) is 0 Å². The number of rotatable bonds is 16. The van der Waals surface area contributed by atoms with Crippen molar-refractivity contribution < 1.29 is 348 Å². The van der Waals surface area contributed by atoms with Crippen LogP contribution in [0, 0.1) is 0 Å². The fourth-order valence-corrected chi connectivity index (χ4v) is 5.14. The second-order valence-corrected chi connectivity index (χ2v) is 8.47. The predicted octanol–water partition coefficient (Wildman–Crippen LogP) is 3.30. The molecule has 0 aliphatic carbocycles. The minimum absolute atomic E-state index is 0. The van der Waals surface area contributed by atoms with Crippen molar-refractivity contribution >= 4 is 0 Å². The van der Waals surface area contributed by atoms with Gasteiger partial charge in [-0.1, -0.05) is 55.4 Å². The van der Waals surface area contributed by atoms with E-state index < -0.39 is 0 Å². The first-order chi connectivity index (χ1) is 12.5. The van der Waals surface area contributed by atoms with E-state index in [0.29, 0.717) is 0 Å². The Labute approximate surface area is 502 Å². The smallest absolute Gasteiger partial charge is 0.0783 e. The molecule has 4 N–H and O–H groups in total. The summed E-state index contributed by atoms with van der Waals surface area (Å²) >= 11 is 0. The Hall–Kier alpha value is 4.64. The molecule has 0 aromatic carbocycles. The molecule has 0 saturated carbocycles. The molecule has 0 spiro atoms. The summed E-state index contributed by atoms with van der Waals surface area (Å²) in [6, 6.07) is 0. The van der Waals surface area contributed by atoms with E-state index >= 15 is 0 Å². The Kier molecular flexibility index (Phi) is 1690. The van der Waals surface area contributed by atoms with Crippen LogP contribution in [0.2, 0.25) is 0 Å². The topological polar surface area (TPSA) is 804 Å². The third-order valence-corrected chi connectivity index (χ3v) is 5.58. The minimum Gasteiger partial charge on any atom is -2.00 e. The first kappa shape index (κ1) is 383. The zero-order valence-corrected chi connectivity index (χ0v) is 50.2. The molecule has 10 radical (unpaired) electrons. The summed E-state index contributed by atoms with van der Waals surface area (Å²) in [5, 5.41) is 0. The summed E-state index contributed by atoms with van der Waals surface area (Å²) in [5.41, 5.74) is 0. The Balaban J connectivity index is -0.00000000297. The molecule has 30 nitrogen and oxygen atoms in total. The van der Waals surface area contributed by atoms with Gasteiger partial charge in [-0.15, -0.1) is 0 Å². The maximum absolute atomic E-state index is 2.31. The summed E-state index contributed by atoms with van der Waals surface area (Å²) in [7, 11) is 0. The largest absolute Gasteiger partial charge is 2.00 e. The summed E-state index contributed by atoms with van der Waals surface area (Å²) < 4.78 is 2.75. The van der Waals surface area contributed by atoms with Gasteiger partial charge in [-0.2, -0.15) is 0 Å². The maximum Gasteiger partial charge on any atom is 0.0783 e. The predicted molar refractivity (Wildman–Crippen MR) is 146 cm³/mol. The zero-order chi connectivity index (χ0) is 20.3. The summed E-state index contributed by atoms with van der Waals surface area (Å²) in [4.78, 5) is 0. The molecule has 0 aromatic heterocycles. The van der Waals surface area contributed by atoms with Gasteiger partial charge >= 0.3 is 0 Å². The van der Waals surface area contributed by atoms with Crippen LogP contribution in [-0.4, -0.2) is 83.2 Å². The molecule has 0 bridgehead atoms. The van der Waals surface area contributed by atoms with Gasteiger partial charge in [0.25, 0.3) is 0 Å². The number of hydrogen-bond acceptors (Lipinski definition) is 4. The van der Waals surface area contributed by atoms with Gasteiger partial charge in [-0.25, -0.2) is 0 Å². The zero-order valence-electron chi connectivity index (χ0n) is 36.3. The molecule has 40 heteroatoms. The van der Waals surface area contributed by atoms with Gasteiger partial charge < -0.3 is 162 Å². The van der Waals surface area contributed by atoms with Crippen molar-refractivity contribution in [2.24, 2.45) is 0 Å². The van der Waals surface area contributed by atoms with Crippen molar-refractivity contribution in [2.75, 3.05) is 52.4 Å². The molecular weight excluding hydrogens is 1270 g/mol. The summed E-state index contributed by atoms with van der Waals surface area (Å²) in [5.74, 6) is 0. The van der Waals surface area contributed by atoms with Gasteiger partial charge in [0, 0.05) is 186 Å². The Bertz CT molecular complexity index is 282. The molecule has 0 amide bonds. The van der Waals surface area contributed by atoms with E-state index in [2.05, 4.69) is 55.4 Å². The second kappa shape index (κ2) is 282. The standard InChI is InChI=1S/2C12H28N.4H2O.24O.10V/c2*1-5-9-13(10-6-2,11-7-3)12-8-4;;;;;;;;;;;;;;;;;;;;;;;;;;;;;;;;;;;;;;/h2*5-12H2,1-4H3;4*1H2;;;;;;;;;;;;;;;;;;;;;;;;;;;;;;;;;;/q2*+1;;;;;24*-2;;;;;;;;;;/p-4. The molecule has 0 saturated heterocycles. The van der Waals surface area contributed by atoms with Gasteiger partial charge in [0.1, 0.15) is 0 Å². The molecule has 0 aliphatic rings. The average molecular weight is 1330 g/mol. The van der Waals surface area contributed by atoms with E-state index in [-0.39, 0.29) is 339 Å². The molecular formula is C24H60N2O28V10-50. The third-order valence-electron chi connectivity index (χ3n) is 5.58. The van der Waals surface area contributed by atoms with E-state index in [1.807, 2.05) is 0 Å². The van der Waals surface area contributed by atoms with Crippen LogP contribution in [0.15, 0.2) is 0 Å². The van der Waals surface area contributed by atoms with Crippen molar-refractivity contribution in [3.8, 4) is 0 Å². The molecule has 434 valence electrons. The van der Waals surface area contributed by atoms with Gasteiger partial charge in [-0.3, -0.25) is 0 Å². The molecule has 0 heterocycles. The molecule has 0 fully saturated rings. The summed E-state index contributed by atoms with van der Waals surface area (Å²) in [6.45, 7) is 29.6. The van der Waals surface area contributed by atoms with Crippen LogP contribution in [-0.2, 0) is 317 Å². The monoisotopic (exact) mass is 1330 g/mol. The fraction of sp³-hybridized carbons (Fsp3) is 1.00. The summed E-state index contributed by atoms with van der Waals surface area (Å²) in [6.07, 6.45) is 10.7. The Morgan fingerprint density at radius 2 is 0.203 bits per heavy atom. The van der Waals surface area contributed by atoms with E-state index in [0.717, 1.165) is 0 Å². The fourth-order valence-electron chi connectivity index (χ4n) is 5.14. The second-order valence-electron chi connectivity index (χ2n) is 8.47. The van der Waals surface area contributed by atoms with E-state index in [1.54, 1.807) is 0 Å². The molecule has 0 rings (SSSR count). The van der Waals surface area contributed by atoms with Crippen molar-refractivity contribution in [1.82, 2.24) is 0 Å². The van der Waals surface area contributed by atoms with E-state index in [1.165, 1.54) is 113 Å². The Morgan fingerprint density at radius 3 is 0.234 bits per heavy atom. The molecule has 0 unspecified atom stereocenters. The SMILES string of the molecule is CCC[N+](CCC)(CCC)CCC.CCC[N+](CCC)(CCC)CCC.[O-2].[O-2].[O-2].[O-2].[O-2].[O-2].[O-2].[O-2].[O-2].[O-2].[O-2].[O-2].[O-2].[O-2].[O-2].[O-2].[O-2].[O-2].[O-2].[O-2].[O-2].[O-2].[O-2].[O-2].[OH-].[OH-].[OH-].[OH-].[V].[V].[V].[V].[V].[V].[V].[V].[V].[V]. The quantitative estimate of drug-likeness (QED) is 0.210.